The smallest absolute Gasteiger partial charge is 0.126 e. The van der Waals surface area contributed by atoms with Crippen molar-refractivity contribution in [2.45, 2.75) is 20.4 Å². The predicted molar refractivity (Wildman–Crippen MR) is 78.3 cm³/mol. The summed E-state index contributed by atoms with van der Waals surface area (Å²) < 4.78 is 5.43. The molecular formula is C16H20N2O. The normalized spacial score (nSPS) is 10.5. The molecule has 0 spiro atoms. The quantitative estimate of drug-likeness (QED) is 0.892. The van der Waals surface area contributed by atoms with E-state index in [9.17, 15) is 0 Å². The number of methoxy groups -OCH3 is 1. The van der Waals surface area contributed by atoms with E-state index in [1.807, 2.05) is 18.5 Å². The minimum absolute atomic E-state index is 0.839. The minimum atomic E-state index is 0.839. The van der Waals surface area contributed by atoms with Crippen LogP contribution in [0.25, 0.3) is 11.1 Å². The van der Waals surface area contributed by atoms with Crippen molar-refractivity contribution in [1.82, 2.24) is 10.3 Å². The van der Waals surface area contributed by atoms with Gasteiger partial charge in [0.05, 0.1) is 7.11 Å². The minimum Gasteiger partial charge on any atom is -0.496 e. The van der Waals surface area contributed by atoms with Gasteiger partial charge < -0.3 is 10.1 Å². The van der Waals surface area contributed by atoms with Crippen LogP contribution in [0.2, 0.25) is 0 Å². The summed E-state index contributed by atoms with van der Waals surface area (Å²) in [5, 5.41) is 3.31. The Morgan fingerprint density at radius 2 is 2.05 bits per heavy atom. The number of ether oxygens (including phenoxy) is 1. The first-order chi connectivity index (χ1) is 9.24. The lowest BCUT2D eigenvalue weighted by atomic mass is 10.0. The van der Waals surface area contributed by atoms with Gasteiger partial charge in [0.2, 0.25) is 0 Å². The molecule has 3 nitrogen and oxygen atoms in total. The summed E-state index contributed by atoms with van der Waals surface area (Å²) in [6, 6.07) is 8.35. The van der Waals surface area contributed by atoms with Gasteiger partial charge in [-0.05, 0) is 37.2 Å². The fraction of sp³-hybridized carbons (Fsp3) is 0.312. The zero-order chi connectivity index (χ0) is 13.7. The highest BCUT2D eigenvalue weighted by molar-refractivity contribution is 5.70. The standard InChI is InChI=1S/C16H20N2O/c1-4-17-9-13-8-14(11-18-10-13)15-7-12(2)5-6-16(15)19-3/h5-8,10-11,17H,4,9H2,1-3H3. The lowest BCUT2D eigenvalue weighted by Gasteiger charge is -2.10. The first kappa shape index (κ1) is 13.6. The van der Waals surface area contributed by atoms with Gasteiger partial charge >= 0.3 is 0 Å². The van der Waals surface area contributed by atoms with Crippen molar-refractivity contribution in [3.8, 4) is 16.9 Å². The second-order valence-electron chi connectivity index (χ2n) is 4.57. The van der Waals surface area contributed by atoms with Crippen LogP contribution in [0.3, 0.4) is 0 Å². The summed E-state index contributed by atoms with van der Waals surface area (Å²) in [5.41, 5.74) is 4.58. The number of aryl methyl sites for hydroxylation is 1. The van der Waals surface area contributed by atoms with Gasteiger partial charge in [0.1, 0.15) is 5.75 Å². The molecule has 19 heavy (non-hydrogen) atoms. The van der Waals surface area contributed by atoms with E-state index in [0.29, 0.717) is 0 Å². The van der Waals surface area contributed by atoms with Crippen LogP contribution < -0.4 is 10.1 Å². The van der Waals surface area contributed by atoms with Crippen LogP contribution in [0.15, 0.2) is 36.7 Å². The molecule has 1 aromatic heterocycles. The molecule has 0 saturated heterocycles. The topological polar surface area (TPSA) is 34.2 Å². The fourth-order valence-corrected chi connectivity index (χ4v) is 2.05. The average molecular weight is 256 g/mol. The Balaban J connectivity index is 2.38. The Bertz CT molecular complexity index is 552. The molecule has 2 rings (SSSR count). The average Bonchev–Trinajstić information content (AvgIpc) is 2.45. The summed E-state index contributed by atoms with van der Waals surface area (Å²) in [6.07, 6.45) is 3.78. The number of aromatic nitrogens is 1. The molecule has 0 saturated carbocycles. The summed E-state index contributed by atoms with van der Waals surface area (Å²) in [4.78, 5) is 4.32. The van der Waals surface area contributed by atoms with E-state index in [1.165, 1.54) is 11.1 Å². The lowest BCUT2D eigenvalue weighted by molar-refractivity contribution is 0.416. The number of rotatable bonds is 5. The van der Waals surface area contributed by atoms with Crippen LogP contribution in [-0.4, -0.2) is 18.6 Å². The molecule has 3 heteroatoms. The zero-order valence-corrected chi connectivity index (χ0v) is 11.7. The molecule has 0 aliphatic heterocycles. The van der Waals surface area contributed by atoms with Crippen molar-refractivity contribution in [3.05, 3.63) is 47.8 Å². The molecule has 2 aromatic rings. The maximum Gasteiger partial charge on any atom is 0.126 e. The maximum atomic E-state index is 5.43. The molecule has 0 amide bonds. The third-order valence-electron chi connectivity index (χ3n) is 3.04. The second kappa shape index (κ2) is 6.34. The molecule has 0 aliphatic rings. The molecular weight excluding hydrogens is 236 g/mol. The number of benzene rings is 1. The first-order valence-electron chi connectivity index (χ1n) is 6.54. The van der Waals surface area contributed by atoms with E-state index in [0.717, 1.165) is 30.0 Å². The van der Waals surface area contributed by atoms with E-state index in [2.05, 4.69) is 42.3 Å². The Kier molecular flexibility index (Phi) is 4.53. The van der Waals surface area contributed by atoms with Gasteiger partial charge in [-0.1, -0.05) is 18.6 Å². The third-order valence-corrected chi connectivity index (χ3v) is 3.04. The summed E-state index contributed by atoms with van der Waals surface area (Å²) in [7, 11) is 1.70. The molecule has 1 heterocycles. The van der Waals surface area contributed by atoms with Crippen LogP contribution in [-0.2, 0) is 6.54 Å². The van der Waals surface area contributed by atoms with Crippen molar-refractivity contribution >= 4 is 0 Å². The number of nitrogens with one attached hydrogen (secondary N) is 1. The first-order valence-corrected chi connectivity index (χ1v) is 6.54. The Hall–Kier alpha value is -1.87. The number of pyridine rings is 1. The van der Waals surface area contributed by atoms with Gasteiger partial charge in [-0.2, -0.15) is 0 Å². The largest absolute Gasteiger partial charge is 0.496 e. The van der Waals surface area contributed by atoms with Crippen LogP contribution in [0.1, 0.15) is 18.1 Å². The Labute approximate surface area is 114 Å². The molecule has 100 valence electrons. The van der Waals surface area contributed by atoms with Gasteiger partial charge in [-0.15, -0.1) is 0 Å². The third kappa shape index (κ3) is 3.32. The second-order valence-corrected chi connectivity index (χ2v) is 4.57. The summed E-state index contributed by atoms with van der Waals surface area (Å²) >= 11 is 0. The van der Waals surface area contributed by atoms with E-state index in [4.69, 9.17) is 4.74 Å². The number of hydrogen-bond donors (Lipinski definition) is 1. The van der Waals surface area contributed by atoms with Crippen molar-refractivity contribution < 1.29 is 4.74 Å². The van der Waals surface area contributed by atoms with Crippen LogP contribution >= 0.6 is 0 Å². The van der Waals surface area contributed by atoms with Crippen LogP contribution in [0, 0.1) is 6.92 Å². The van der Waals surface area contributed by atoms with Crippen LogP contribution in [0.4, 0.5) is 0 Å². The van der Waals surface area contributed by atoms with E-state index < -0.39 is 0 Å². The molecule has 0 unspecified atom stereocenters. The van der Waals surface area contributed by atoms with Gasteiger partial charge in [0, 0.05) is 30.1 Å². The molecule has 0 aliphatic carbocycles. The summed E-state index contributed by atoms with van der Waals surface area (Å²) in [5.74, 6) is 0.882. The number of hydrogen-bond acceptors (Lipinski definition) is 3. The summed E-state index contributed by atoms with van der Waals surface area (Å²) in [6.45, 7) is 5.98. The van der Waals surface area contributed by atoms with E-state index in [1.54, 1.807) is 7.11 Å². The molecule has 0 fully saturated rings. The van der Waals surface area contributed by atoms with Gasteiger partial charge in [-0.3, -0.25) is 4.98 Å². The molecule has 1 aromatic carbocycles. The lowest BCUT2D eigenvalue weighted by Crippen LogP contribution is -2.11. The molecule has 1 N–H and O–H groups in total. The highest BCUT2D eigenvalue weighted by Gasteiger charge is 2.07. The molecule has 0 bridgehead atoms. The van der Waals surface area contributed by atoms with Gasteiger partial charge in [0.25, 0.3) is 0 Å². The van der Waals surface area contributed by atoms with Crippen molar-refractivity contribution in [3.63, 3.8) is 0 Å². The van der Waals surface area contributed by atoms with Crippen molar-refractivity contribution in [2.75, 3.05) is 13.7 Å². The van der Waals surface area contributed by atoms with E-state index in [-0.39, 0.29) is 0 Å². The maximum absolute atomic E-state index is 5.43. The molecule has 0 radical (unpaired) electrons. The van der Waals surface area contributed by atoms with E-state index >= 15 is 0 Å². The van der Waals surface area contributed by atoms with Gasteiger partial charge in [-0.25, -0.2) is 0 Å². The zero-order valence-electron chi connectivity index (χ0n) is 11.7. The Morgan fingerprint density at radius 3 is 2.79 bits per heavy atom. The number of nitrogens with zero attached hydrogens (tertiary/aromatic N) is 1. The predicted octanol–water partition coefficient (Wildman–Crippen LogP) is 3.18. The highest BCUT2D eigenvalue weighted by Crippen LogP contribution is 2.30. The molecule has 0 atom stereocenters. The van der Waals surface area contributed by atoms with Crippen molar-refractivity contribution in [2.24, 2.45) is 0 Å². The Morgan fingerprint density at radius 1 is 1.21 bits per heavy atom. The SMILES string of the molecule is CCNCc1cncc(-c2cc(C)ccc2OC)c1. The highest BCUT2D eigenvalue weighted by atomic mass is 16.5. The fourth-order valence-electron chi connectivity index (χ4n) is 2.05. The van der Waals surface area contributed by atoms with Gasteiger partial charge in [0.15, 0.2) is 0 Å². The van der Waals surface area contributed by atoms with Crippen LogP contribution in [0.5, 0.6) is 5.75 Å². The van der Waals surface area contributed by atoms with Crippen molar-refractivity contribution in [1.29, 1.82) is 0 Å². The monoisotopic (exact) mass is 256 g/mol.